The first-order chi connectivity index (χ1) is 18.7. The molecule has 39 heavy (non-hydrogen) atoms. The summed E-state index contributed by atoms with van der Waals surface area (Å²) in [6.07, 6.45) is 43.7. The van der Waals surface area contributed by atoms with Crippen LogP contribution in [0.2, 0.25) is 0 Å². The van der Waals surface area contributed by atoms with Gasteiger partial charge in [-0.3, -0.25) is 0 Å². The predicted octanol–water partition coefficient (Wildman–Crippen LogP) is 10.5. The first-order valence-corrected chi connectivity index (χ1v) is 16.1. The number of hydrogen-bond acceptors (Lipinski definition) is 2. The largest absolute Gasteiger partial charge is 0.303 e. The fraction of sp³-hybridized carbons (Fsp3) is 0.667. The van der Waals surface area contributed by atoms with Gasteiger partial charge in [0, 0.05) is 28.9 Å². The molecule has 0 atom stereocenters. The summed E-state index contributed by atoms with van der Waals surface area (Å²) in [5.41, 5.74) is 0. The van der Waals surface area contributed by atoms with Crippen LogP contribution >= 0.6 is 0 Å². The molecule has 222 valence electrons. The van der Waals surface area contributed by atoms with Crippen LogP contribution in [-0.2, 0) is 26.7 Å². The van der Waals surface area contributed by atoms with E-state index in [1.54, 1.807) is 0 Å². The van der Waals surface area contributed by atoms with E-state index in [1.165, 1.54) is 140 Å². The van der Waals surface area contributed by atoms with Crippen LogP contribution in [0.15, 0.2) is 0 Å². The molecule has 0 aromatic heterocycles. The minimum Gasteiger partial charge on any atom is -0.303 e. The summed E-state index contributed by atoms with van der Waals surface area (Å²) in [6.45, 7) is 4.54. The molecule has 2 saturated carbocycles. The third-order valence-electron chi connectivity index (χ3n) is 7.59. The monoisotopic (exact) mass is 578 g/mol. The van der Waals surface area contributed by atoms with Crippen LogP contribution in [-0.4, -0.2) is 12.6 Å². The second-order valence-corrected chi connectivity index (χ2v) is 11.2. The summed E-state index contributed by atoms with van der Waals surface area (Å²) in [5, 5.41) is 0. The molecule has 0 aliphatic heterocycles. The van der Waals surface area contributed by atoms with Crippen molar-refractivity contribution in [3.63, 3.8) is 0 Å². The fourth-order valence-electron chi connectivity index (χ4n) is 5.12. The molecule has 2 aliphatic rings. The van der Waals surface area contributed by atoms with Gasteiger partial charge in [-0.2, -0.15) is 0 Å². The van der Waals surface area contributed by atoms with Crippen LogP contribution in [0.1, 0.15) is 155 Å². The molecule has 0 unspecified atom stereocenters. The van der Waals surface area contributed by atoms with E-state index in [1.807, 2.05) is 25.7 Å². The van der Waals surface area contributed by atoms with E-state index < -0.39 is 0 Å². The number of rotatable bonds is 24. The zero-order chi connectivity index (χ0) is 27.5. The molecule has 0 bridgehead atoms. The fourth-order valence-corrected chi connectivity index (χ4v) is 5.12. The Labute approximate surface area is 255 Å². The number of aldehydes is 2. The van der Waals surface area contributed by atoms with Crippen LogP contribution in [0, 0.1) is 62.2 Å². The molecule has 0 N–H and O–H groups in total. The number of carbonyl (C=O) groups is 2. The second kappa shape index (κ2) is 29.4. The van der Waals surface area contributed by atoms with Gasteiger partial charge >= 0.3 is 0 Å². The smallest absolute Gasteiger partial charge is 0.127 e. The van der Waals surface area contributed by atoms with Crippen molar-refractivity contribution in [3.05, 3.63) is 62.2 Å². The molecule has 10 radical (unpaired) electrons. The maximum absolute atomic E-state index is 10.6. The van der Waals surface area contributed by atoms with Crippen molar-refractivity contribution >= 4 is 12.6 Å². The molecule has 2 rings (SSSR count). The first-order valence-electron chi connectivity index (χ1n) is 16.1. The van der Waals surface area contributed by atoms with Crippen LogP contribution < -0.4 is 0 Å². The van der Waals surface area contributed by atoms with E-state index in [-0.39, 0.29) is 17.1 Å². The molecule has 0 heterocycles. The molecular formula is C36H58FeO2. The molecule has 0 saturated heterocycles. The van der Waals surface area contributed by atoms with Gasteiger partial charge in [0.15, 0.2) is 0 Å². The van der Waals surface area contributed by atoms with E-state index >= 15 is 0 Å². The Balaban J connectivity index is 0.000000722. The quantitative estimate of drug-likeness (QED) is 0.0649. The van der Waals surface area contributed by atoms with Crippen molar-refractivity contribution in [2.45, 2.75) is 155 Å². The molecule has 2 aliphatic carbocycles. The summed E-state index contributed by atoms with van der Waals surface area (Å²) < 4.78 is 0. The molecular weight excluding hydrogens is 520 g/mol. The third kappa shape index (κ3) is 23.1. The molecule has 0 spiro atoms. The van der Waals surface area contributed by atoms with E-state index in [0.717, 1.165) is 37.2 Å². The van der Waals surface area contributed by atoms with Crippen molar-refractivity contribution in [2.75, 3.05) is 0 Å². The summed E-state index contributed by atoms with van der Waals surface area (Å²) in [4.78, 5) is 21.1. The second-order valence-electron chi connectivity index (χ2n) is 11.2. The Morgan fingerprint density at radius 3 is 0.974 bits per heavy atom. The SMILES string of the molecule is CCCCCCCCCCCC[C]1[CH][CH][C](C=O)[CH]1.CCCCCCCCCCCC[C]1[CH][CH][C](C=O)[CH]1.[Fe]. The molecule has 0 amide bonds. The van der Waals surface area contributed by atoms with Crippen LogP contribution in [0.25, 0.3) is 0 Å². The van der Waals surface area contributed by atoms with Crippen LogP contribution in [0.4, 0.5) is 0 Å². The van der Waals surface area contributed by atoms with Gasteiger partial charge in [-0.25, -0.2) is 0 Å². The summed E-state index contributed by atoms with van der Waals surface area (Å²) in [5.74, 6) is 4.28. The molecule has 3 heteroatoms. The summed E-state index contributed by atoms with van der Waals surface area (Å²) in [6, 6.07) is 0. The maximum Gasteiger partial charge on any atom is 0.127 e. The Morgan fingerprint density at radius 1 is 0.436 bits per heavy atom. The van der Waals surface area contributed by atoms with Crippen molar-refractivity contribution in [2.24, 2.45) is 0 Å². The molecule has 0 aromatic rings. The van der Waals surface area contributed by atoms with E-state index in [2.05, 4.69) is 26.7 Å². The van der Waals surface area contributed by atoms with Crippen molar-refractivity contribution in [1.29, 1.82) is 0 Å². The standard InChI is InChI=1S/2C18H29O.Fe/c2*1-2-3-4-5-6-7-8-9-10-11-12-17-13-14-18(15-17)16-19;/h2*13-16H,2-12H2,1H3;. The minimum absolute atomic E-state index is 0. The zero-order valence-corrected chi connectivity index (χ0v) is 26.4. The van der Waals surface area contributed by atoms with Gasteiger partial charge < -0.3 is 9.59 Å². The molecule has 0 aromatic carbocycles. The van der Waals surface area contributed by atoms with Crippen LogP contribution in [0.5, 0.6) is 0 Å². The Bertz CT molecular complexity index is 476. The van der Waals surface area contributed by atoms with Crippen molar-refractivity contribution in [3.8, 4) is 0 Å². The average molecular weight is 579 g/mol. The normalized spacial score (nSPS) is 16.7. The van der Waals surface area contributed by atoms with E-state index in [4.69, 9.17) is 0 Å². The van der Waals surface area contributed by atoms with Gasteiger partial charge in [0.25, 0.3) is 0 Å². The predicted molar refractivity (Wildman–Crippen MR) is 164 cm³/mol. The van der Waals surface area contributed by atoms with Gasteiger partial charge in [-0.05, 0) is 63.2 Å². The number of hydrogen-bond donors (Lipinski definition) is 0. The Morgan fingerprint density at radius 2 is 0.718 bits per heavy atom. The van der Waals surface area contributed by atoms with Gasteiger partial charge in [-0.15, -0.1) is 0 Å². The Hall–Kier alpha value is -0.141. The molecule has 2 fully saturated rings. The zero-order valence-electron chi connectivity index (χ0n) is 25.3. The summed E-state index contributed by atoms with van der Waals surface area (Å²) in [7, 11) is 0. The number of unbranched alkanes of at least 4 members (excludes halogenated alkanes) is 18. The van der Waals surface area contributed by atoms with E-state index in [9.17, 15) is 9.59 Å². The van der Waals surface area contributed by atoms with Crippen molar-refractivity contribution in [1.82, 2.24) is 0 Å². The molecule has 2 nitrogen and oxygen atoms in total. The Kier molecular flexibility index (Phi) is 29.2. The topological polar surface area (TPSA) is 34.1 Å². The number of carbonyl (C=O) groups excluding carboxylic acids is 2. The van der Waals surface area contributed by atoms with Gasteiger partial charge in [0.1, 0.15) is 12.6 Å². The van der Waals surface area contributed by atoms with Gasteiger partial charge in [0.2, 0.25) is 0 Å². The average Bonchev–Trinajstić information content (AvgIpc) is 3.60. The van der Waals surface area contributed by atoms with Crippen molar-refractivity contribution < 1.29 is 26.7 Å². The van der Waals surface area contributed by atoms with Gasteiger partial charge in [-0.1, -0.05) is 142 Å². The maximum atomic E-state index is 10.6. The van der Waals surface area contributed by atoms with Gasteiger partial charge in [0.05, 0.1) is 0 Å². The summed E-state index contributed by atoms with van der Waals surface area (Å²) >= 11 is 0. The first kappa shape index (κ1) is 38.9. The van der Waals surface area contributed by atoms with E-state index in [0.29, 0.717) is 0 Å². The minimum atomic E-state index is 0. The third-order valence-corrected chi connectivity index (χ3v) is 7.59. The van der Waals surface area contributed by atoms with Crippen LogP contribution in [0.3, 0.4) is 0 Å².